The van der Waals surface area contributed by atoms with Crippen molar-refractivity contribution in [1.29, 1.82) is 0 Å². The second-order valence-electron chi connectivity index (χ2n) is 5.03. The third-order valence-corrected chi connectivity index (χ3v) is 3.63. The summed E-state index contributed by atoms with van der Waals surface area (Å²) in [5, 5.41) is 3.18. The van der Waals surface area contributed by atoms with Crippen LogP contribution in [0.15, 0.2) is 42.5 Å². The lowest BCUT2D eigenvalue weighted by molar-refractivity contribution is 0.482. The number of aryl methyl sites for hydroxylation is 1. The summed E-state index contributed by atoms with van der Waals surface area (Å²) in [5.74, 6) is -1.52. The predicted octanol–water partition coefficient (Wildman–Crippen LogP) is 3.65. The minimum Gasteiger partial charge on any atom is -0.316 e. The molecular formula is C17H19F2N. The van der Waals surface area contributed by atoms with Gasteiger partial charge >= 0.3 is 0 Å². The zero-order valence-corrected chi connectivity index (χ0v) is 11.8. The molecule has 0 aromatic heterocycles. The molecule has 0 radical (unpaired) electrons. The van der Waals surface area contributed by atoms with Crippen LogP contribution in [0.25, 0.3) is 0 Å². The molecule has 0 saturated heterocycles. The van der Waals surface area contributed by atoms with Gasteiger partial charge in [-0.2, -0.15) is 0 Å². The van der Waals surface area contributed by atoms with Crippen molar-refractivity contribution in [2.45, 2.75) is 25.8 Å². The lowest BCUT2D eigenvalue weighted by atomic mass is 9.96. The molecule has 1 unspecified atom stereocenters. The van der Waals surface area contributed by atoms with Crippen molar-refractivity contribution in [2.75, 3.05) is 7.05 Å². The summed E-state index contributed by atoms with van der Waals surface area (Å²) in [6, 6.07) is 12.5. The van der Waals surface area contributed by atoms with Crippen LogP contribution >= 0.6 is 0 Å². The van der Waals surface area contributed by atoms with Crippen molar-refractivity contribution in [1.82, 2.24) is 5.32 Å². The van der Waals surface area contributed by atoms with Crippen molar-refractivity contribution in [2.24, 2.45) is 0 Å². The highest BCUT2D eigenvalue weighted by Crippen LogP contribution is 2.16. The van der Waals surface area contributed by atoms with Crippen LogP contribution in [0.5, 0.6) is 0 Å². The second kappa shape index (κ2) is 6.62. The highest BCUT2D eigenvalue weighted by Gasteiger charge is 2.14. The lowest BCUT2D eigenvalue weighted by Gasteiger charge is -2.18. The standard InChI is InChI=1S/C17H19F2N/c1-12-6-3-4-7-13(12)10-15(20-2)11-14-8-5-9-16(18)17(14)19/h3-9,15,20H,10-11H2,1-2H3. The van der Waals surface area contributed by atoms with Gasteiger partial charge in [-0.05, 0) is 49.6 Å². The molecule has 0 aliphatic rings. The average Bonchev–Trinajstić information content (AvgIpc) is 2.45. The monoisotopic (exact) mass is 275 g/mol. The van der Waals surface area contributed by atoms with Crippen molar-refractivity contribution in [3.05, 3.63) is 70.8 Å². The van der Waals surface area contributed by atoms with E-state index in [4.69, 9.17) is 0 Å². The molecule has 1 atom stereocenters. The van der Waals surface area contributed by atoms with Crippen LogP contribution in [0.2, 0.25) is 0 Å². The van der Waals surface area contributed by atoms with Gasteiger partial charge in [0.05, 0.1) is 0 Å². The number of likely N-dealkylation sites (N-methyl/N-ethyl adjacent to an activating group) is 1. The number of halogens is 2. The van der Waals surface area contributed by atoms with Crippen LogP contribution in [-0.4, -0.2) is 13.1 Å². The fourth-order valence-electron chi connectivity index (χ4n) is 2.35. The molecule has 2 aromatic carbocycles. The summed E-state index contributed by atoms with van der Waals surface area (Å²) in [6.07, 6.45) is 1.26. The molecule has 0 saturated carbocycles. The highest BCUT2D eigenvalue weighted by molar-refractivity contribution is 5.27. The van der Waals surface area contributed by atoms with Crippen molar-refractivity contribution < 1.29 is 8.78 Å². The van der Waals surface area contributed by atoms with E-state index in [-0.39, 0.29) is 6.04 Å². The summed E-state index contributed by atoms with van der Waals surface area (Å²) in [5.41, 5.74) is 2.86. The fourth-order valence-corrected chi connectivity index (χ4v) is 2.35. The van der Waals surface area contributed by atoms with Gasteiger partial charge in [0.2, 0.25) is 0 Å². The van der Waals surface area contributed by atoms with Gasteiger partial charge in [0.1, 0.15) is 0 Å². The third-order valence-electron chi connectivity index (χ3n) is 3.63. The van der Waals surface area contributed by atoms with Crippen LogP contribution in [0.1, 0.15) is 16.7 Å². The SMILES string of the molecule is CNC(Cc1ccccc1C)Cc1cccc(F)c1F. The molecule has 0 aliphatic carbocycles. The maximum absolute atomic E-state index is 13.7. The van der Waals surface area contributed by atoms with E-state index in [1.807, 2.05) is 19.2 Å². The molecule has 0 fully saturated rings. The molecule has 106 valence electrons. The Morgan fingerprint density at radius 3 is 2.30 bits per heavy atom. The fraction of sp³-hybridized carbons (Fsp3) is 0.294. The molecule has 2 aromatic rings. The Kier molecular flexibility index (Phi) is 4.85. The summed E-state index contributed by atoms with van der Waals surface area (Å²) in [7, 11) is 1.85. The van der Waals surface area contributed by atoms with Gasteiger partial charge in [0.25, 0.3) is 0 Å². The molecular weight excluding hydrogens is 256 g/mol. The number of nitrogens with one attached hydrogen (secondary N) is 1. The number of hydrogen-bond donors (Lipinski definition) is 1. The van der Waals surface area contributed by atoms with Gasteiger partial charge in [-0.1, -0.05) is 36.4 Å². The Morgan fingerprint density at radius 2 is 1.60 bits per heavy atom. The maximum atomic E-state index is 13.7. The molecule has 2 rings (SSSR count). The Balaban J connectivity index is 2.14. The number of rotatable bonds is 5. The minimum absolute atomic E-state index is 0.0763. The van der Waals surface area contributed by atoms with E-state index in [2.05, 4.69) is 24.4 Å². The zero-order chi connectivity index (χ0) is 14.5. The first-order chi connectivity index (χ1) is 9.61. The molecule has 0 aliphatic heterocycles. The van der Waals surface area contributed by atoms with Crippen molar-refractivity contribution >= 4 is 0 Å². The first-order valence-electron chi connectivity index (χ1n) is 6.76. The Bertz CT molecular complexity index is 581. The van der Waals surface area contributed by atoms with E-state index >= 15 is 0 Å². The van der Waals surface area contributed by atoms with Crippen LogP contribution in [0.3, 0.4) is 0 Å². The highest BCUT2D eigenvalue weighted by atomic mass is 19.2. The van der Waals surface area contributed by atoms with E-state index in [9.17, 15) is 8.78 Å². The molecule has 0 heterocycles. The first-order valence-corrected chi connectivity index (χ1v) is 6.76. The molecule has 0 bridgehead atoms. The lowest BCUT2D eigenvalue weighted by Crippen LogP contribution is -2.30. The van der Waals surface area contributed by atoms with E-state index in [0.29, 0.717) is 12.0 Å². The molecule has 0 spiro atoms. The van der Waals surface area contributed by atoms with Gasteiger partial charge in [-0.15, -0.1) is 0 Å². The van der Waals surface area contributed by atoms with Gasteiger partial charge in [-0.25, -0.2) is 8.78 Å². The average molecular weight is 275 g/mol. The van der Waals surface area contributed by atoms with E-state index in [1.54, 1.807) is 12.1 Å². The third kappa shape index (κ3) is 3.42. The Hall–Kier alpha value is -1.74. The predicted molar refractivity (Wildman–Crippen MR) is 77.8 cm³/mol. The van der Waals surface area contributed by atoms with Crippen molar-refractivity contribution in [3.63, 3.8) is 0 Å². The summed E-state index contributed by atoms with van der Waals surface area (Å²) >= 11 is 0. The molecule has 20 heavy (non-hydrogen) atoms. The van der Waals surface area contributed by atoms with Crippen LogP contribution in [0, 0.1) is 18.6 Å². The quantitative estimate of drug-likeness (QED) is 0.878. The van der Waals surface area contributed by atoms with Crippen LogP contribution in [0.4, 0.5) is 8.78 Å². The smallest absolute Gasteiger partial charge is 0.162 e. The van der Waals surface area contributed by atoms with E-state index in [1.165, 1.54) is 11.1 Å². The Labute approximate surface area is 118 Å². The second-order valence-corrected chi connectivity index (χ2v) is 5.03. The largest absolute Gasteiger partial charge is 0.316 e. The Morgan fingerprint density at radius 1 is 0.950 bits per heavy atom. The van der Waals surface area contributed by atoms with Crippen molar-refractivity contribution in [3.8, 4) is 0 Å². The van der Waals surface area contributed by atoms with Gasteiger partial charge in [-0.3, -0.25) is 0 Å². The topological polar surface area (TPSA) is 12.0 Å². The minimum atomic E-state index is -0.784. The molecule has 3 heteroatoms. The molecule has 1 N–H and O–H groups in total. The zero-order valence-electron chi connectivity index (χ0n) is 11.8. The normalized spacial score (nSPS) is 12.4. The maximum Gasteiger partial charge on any atom is 0.162 e. The molecule has 1 nitrogen and oxygen atoms in total. The van der Waals surface area contributed by atoms with Gasteiger partial charge < -0.3 is 5.32 Å². The molecule has 0 amide bonds. The van der Waals surface area contributed by atoms with E-state index < -0.39 is 11.6 Å². The van der Waals surface area contributed by atoms with Crippen LogP contribution in [-0.2, 0) is 12.8 Å². The van der Waals surface area contributed by atoms with Gasteiger partial charge in [0.15, 0.2) is 11.6 Å². The summed E-state index contributed by atoms with van der Waals surface area (Å²) in [6.45, 7) is 2.06. The number of benzene rings is 2. The summed E-state index contributed by atoms with van der Waals surface area (Å²) in [4.78, 5) is 0. The summed E-state index contributed by atoms with van der Waals surface area (Å²) < 4.78 is 26.9. The van der Waals surface area contributed by atoms with E-state index in [0.717, 1.165) is 12.5 Å². The van der Waals surface area contributed by atoms with Crippen LogP contribution < -0.4 is 5.32 Å². The first kappa shape index (κ1) is 14.7. The van der Waals surface area contributed by atoms with Gasteiger partial charge in [0, 0.05) is 6.04 Å². The number of hydrogen-bond acceptors (Lipinski definition) is 1.